The average Bonchev–Trinajstić information content (AvgIpc) is 2.45. The van der Waals surface area contributed by atoms with Gasteiger partial charge in [-0.1, -0.05) is 12.1 Å². The van der Waals surface area contributed by atoms with Crippen LogP contribution in [-0.4, -0.2) is 41.2 Å². The third-order valence-corrected chi connectivity index (χ3v) is 3.85. The summed E-state index contributed by atoms with van der Waals surface area (Å²) in [6.07, 6.45) is -4.39. The standard InChI is InChI=1S/C15H17F3N2O2/c1-10(21)19-7-8-20(11(2)22)14(9-19)12-3-5-13(6-4-12)15(16,17)18/h3-6,14H,7-9H2,1-2H3/t14-/m1/s1. The molecule has 4 nitrogen and oxygen atoms in total. The van der Waals surface area contributed by atoms with Gasteiger partial charge in [0.25, 0.3) is 0 Å². The molecule has 1 saturated heterocycles. The second-order valence-corrected chi connectivity index (χ2v) is 5.31. The summed E-state index contributed by atoms with van der Waals surface area (Å²) in [6.45, 7) is 3.96. The molecule has 22 heavy (non-hydrogen) atoms. The Labute approximate surface area is 126 Å². The minimum atomic E-state index is -4.39. The zero-order valence-electron chi connectivity index (χ0n) is 12.4. The summed E-state index contributed by atoms with van der Waals surface area (Å²) in [7, 11) is 0. The number of amides is 2. The van der Waals surface area contributed by atoms with Gasteiger partial charge in [-0.3, -0.25) is 9.59 Å². The lowest BCUT2D eigenvalue weighted by atomic mass is 10.0. The fourth-order valence-corrected chi connectivity index (χ4v) is 2.63. The van der Waals surface area contributed by atoms with Crippen molar-refractivity contribution in [1.82, 2.24) is 9.80 Å². The van der Waals surface area contributed by atoms with Crippen LogP contribution in [-0.2, 0) is 15.8 Å². The largest absolute Gasteiger partial charge is 0.416 e. The molecular formula is C15H17F3N2O2. The van der Waals surface area contributed by atoms with Crippen molar-refractivity contribution >= 4 is 11.8 Å². The van der Waals surface area contributed by atoms with Gasteiger partial charge in [0.1, 0.15) is 0 Å². The van der Waals surface area contributed by atoms with Crippen LogP contribution in [0.15, 0.2) is 24.3 Å². The van der Waals surface area contributed by atoms with Crippen LogP contribution in [0, 0.1) is 0 Å². The molecule has 1 atom stereocenters. The van der Waals surface area contributed by atoms with Gasteiger partial charge in [-0.05, 0) is 17.7 Å². The lowest BCUT2D eigenvalue weighted by Crippen LogP contribution is -2.51. The molecule has 2 rings (SSSR count). The number of carbonyl (C=O) groups excluding carboxylic acids is 2. The summed E-state index contributed by atoms with van der Waals surface area (Å²) in [5.74, 6) is -0.270. The van der Waals surface area contributed by atoms with Crippen LogP contribution in [0.4, 0.5) is 13.2 Å². The van der Waals surface area contributed by atoms with E-state index in [-0.39, 0.29) is 11.8 Å². The maximum Gasteiger partial charge on any atom is 0.416 e. The zero-order chi connectivity index (χ0) is 16.5. The molecule has 1 aliphatic rings. The highest BCUT2D eigenvalue weighted by Gasteiger charge is 2.33. The summed E-state index contributed by atoms with van der Waals surface area (Å²) in [4.78, 5) is 26.4. The van der Waals surface area contributed by atoms with E-state index in [0.29, 0.717) is 25.2 Å². The smallest absolute Gasteiger partial charge is 0.339 e. The van der Waals surface area contributed by atoms with Crippen LogP contribution in [0.5, 0.6) is 0 Å². The van der Waals surface area contributed by atoms with Gasteiger partial charge in [0.2, 0.25) is 11.8 Å². The average molecular weight is 314 g/mol. The Kier molecular flexibility index (Phi) is 4.44. The van der Waals surface area contributed by atoms with E-state index in [0.717, 1.165) is 12.1 Å². The Morgan fingerprint density at radius 1 is 1.05 bits per heavy atom. The van der Waals surface area contributed by atoms with Crippen molar-refractivity contribution in [3.05, 3.63) is 35.4 Å². The van der Waals surface area contributed by atoms with Crippen molar-refractivity contribution in [2.45, 2.75) is 26.1 Å². The molecule has 1 heterocycles. The molecule has 1 aromatic carbocycles. The molecule has 120 valence electrons. The van der Waals surface area contributed by atoms with E-state index in [1.54, 1.807) is 9.80 Å². The molecule has 0 aromatic heterocycles. The topological polar surface area (TPSA) is 40.6 Å². The van der Waals surface area contributed by atoms with Gasteiger partial charge in [-0.2, -0.15) is 13.2 Å². The fraction of sp³-hybridized carbons (Fsp3) is 0.467. The second kappa shape index (κ2) is 5.98. The molecule has 1 aliphatic heterocycles. The van der Waals surface area contributed by atoms with Crippen molar-refractivity contribution in [3.63, 3.8) is 0 Å². The molecule has 1 aromatic rings. The molecule has 0 bridgehead atoms. The lowest BCUT2D eigenvalue weighted by molar-refractivity contribution is -0.140. The predicted octanol–water partition coefficient (Wildman–Crippen LogP) is 2.46. The van der Waals surface area contributed by atoms with Gasteiger partial charge in [0.05, 0.1) is 11.6 Å². The van der Waals surface area contributed by atoms with Crippen molar-refractivity contribution < 1.29 is 22.8 Å². The van der Waals surface area contributed by atoms with Crippen molar-refractivity contribution in [1.29, 1.82) is 0 Å². The molecule has 2 amide bonds. The number of nitrogens with zero attached hydrogens (tertiary/aromatic N) is 2. The van der Waals surface area contributed by atoms with Crippen LogP contribution in [0.3, 0.4) is 0 Å². The number of piperazine rings is 1. The Hall–Kier alpha value is -2.05. The van der Waals surface area contributed by atoms with Crippen molar-refractivity contribution in [2.75, 3.05) is 19.6 Å². The van der Waals surface area contributed by atoms with Crippen molar-refractivity contribution in [2.24, 2.45) is 0 Å². The highest BCUT2D eigenvalue weighted by Crippen LogP contribution is 2.32. The minimum Gasteiger partial charge on any atom is -0.339 e. The number of benzene rings is 1. The van der Waals surface area contributed by atoms with E-state index in [2.05, 4.69) is 0 Å². The number of carbonyl (C=O) groups is 2. The lowest BCUT2D eigenvalue weighted by Gasteiger charge is -2.41. The first-order chi connectivity index (χ1) is 10.2. The summed E-state index contributed by atoms with van der Waals surface area (Å²) in [5.41, 5.74) is -0.140. The van der Waals surface area contributed by atoms with E-state index in [4.69, 9.17) is 0 Å². The number of rotatable bonds is 1. The summed E-state index contributed by atoms with van der Waals surface area (Å²) in [6, 6.07) is 4.32. The van der Waals surface area contributed by atoms with Crippen LogP contribution in [0.2, 0.25) is 0 Å². The summed E-state index contributed by atoms with van der Waals surface area (Å²) < 4.78 is 37.9. The van der Waals surface area contributed by atoms with Crippen LogP contribution < -0.4 is 0 Å². The van der Waals surface area contributed by atoms with Gasteiger partial charge < -0.3 is 9.80 Å². The van der Waals surface area contributed by atoms with Crippen LogP contribution >= 0.6 is 0 Å². The quantitative estimate of drug-likeness (QED) is 0.799. The monoisotopic (exact) mass is 314 g/mol. The Morgan fingerprint density at radius 3 is 2.09 bits per heavy atom. The van der Waals surface area contributed by atoms with Gasteiger partial charge in [0, 0.05) is 33.5 Å². The van der Waals surface area contributed by atoms with E-state index in [1.165, 1.54) is 26.0 Å². The normalized spacial score (nSPS) is 19.2. The molecule has 0 unspecified atom stereocenters. The number of hydrogen-bond donors (Lipinski definition) is 0. The molecule has 0 spiro atoms. The Balaban J connectivity index is 2.28. The molecule has 0 radical (unpaired) electrons. The van der Waals surface area contributed by atoms with Gasteiger partial charge >= 0.3 is 6.18 Å². The van der Waals surface area contributed by atoms with Gasteiger partial charge in [0.15, 0.2) is 0 Å². The maximum atomic E-state index is 12.6. The first-order valence-corrected chi connectivity index (χ1v) is 6.90. The van der Waals surface area contributed by atoms with Gasteiger partial charge in [-0.15, -0.1) is 0 Å². The molecule has 0 aliphatic carbocycles. The summed E-state index contributed by atoms with van der Waals surface area (Å²) in [5, 5.41) is 0. The number of halogens is 3. The first kappa shape index (κ1) is 16.3. The zero-order valence-corrected chi connectivity index (χ0v) is 12.4. The van der Waals surface area contributed by atoms with E-state index >= 15 is 0 Å². The van der Waals surface area contributed by atoms with Gasteiger partial charge in [-0.25, -0.2) is 0 Å². The first-order valence-electron chi connectivity index (χ1n) is 6.90. The number of hydrogen-bond acceptors (Lipinski definition) is 2. The highest BCUT2D eigenvalue weighted by atomic mass is 19.4. The Morgan fingerprint density at radius 2 is 1.64 bits per heavy atom. The van der Waals surface area contributed by atoms with Crippen molar-refractivity contribution in [3.8, 4) is 0 Å². The van der Waals surface area contributed by atoms with E-state index in [1.807, 2.05) is 0 Å². The number of alkyl halides is 3. The second-order valence-electron chi connectivity index (χ2n) is 5.31. The third kappa shape index (κ3) is 3.40. The van der Waals surface area contributed by atoms with Crippen LogP contribution in [0.25, 0.3) is 0 Å². The summed E-state index contributed by atoms with van der Waals surface area (Å²) >= 11 is 0. The van der Waals surface area contributed by atoms with E-state index < -0.39 is 17.8 Å². The molecule has 0 saturated carbocycles. The van der Waals surface area contributed by atoms with Crippen LogP contribution in [0.1, 0.15) is 31.0 Å². The SMILES string of the molecule is CC(=O)N1CCN(C(C)=O)[C@@H](c2ccc(C(F)(F)F)cc2)C1. The third-order valence-electron chi connectivity index (χ3n) is 3.85. The molecule has 0 N–H and O–H groups in total. The highest BCUT2D eigenvalue weighted by molar-refractivity contribution is 5.76. The Bertz CT molecular complexity index is 569. The molecule has 1 fully saturated rings. The van der Waals surface area contributed by atoms with E-state index in [9.17, 15) is 22.8 Å². The molecular weight excluding hydrogens is 297 g/mol. The minimum absolute atomic E-state index is 0.111. The maximum absolute atomic E-state index is 12.6. The predicted molar refractivity (Wildman–Crippen MR) is 73.8 cm³/mol. The fourth-order valence-electron chi connectivity index (χ4n) is 2.63. The molecule has 7 heteroatoms.